The smallest absolute Gasteiger partial charge is 0.309 e. The van der Waals surface area contributed by atoms with Crippen LogP contribution < -0.4 is 10.1 Å². The lowest BCUT2D eigenvalue weighted by Crippen LogP contribution is -2.26. The summed E-state index contributed by atoms with van der Waals surface area (Å²) < 4.78 is 6.08. The zero-order valence-electron chi connectivity index (χ0n) is 18.7. The van der Waals surface area contributed by atoms with Gasteiger partial charge in [0.15, 0.2) is 0 Å². The molecule has 3 rings (SSSR count). The molecule has 3 aromatic rings. The van der Waals surface area contributed by atoms with Crippen LogP contribution in [0.3, 0.4) is 0 Å². The molecule has 2 heterocycles. The number of hydrogen-bond acceptors (Lipinski definition) is 5. The summed E-state index contributed by atoms with van der Waals surface area (Å²) in [7, 11) is 0. The average Bonchev–Trinajstić information content (AvgIpc) is 2.70. The number of rotatable bonds is 8. The zero-order valence-corrected chi connectivity index (χ0v) is 18.7. The summed E-state index contributed by atoms with van der Waals surface area (Å²) in [5.41, 5.74) is 3.98. The second-order valence-electron chi connectivity index (χ2n) is 8.36. The third kappa shape index (κ3) is 5.60. The van der Waals surface area contributed by atoms with E-state index in [9.17, 15) is 9.90 Å². The van der Waals surface area contributed by atoms with Crippen molar-refractivity contribution in [1.82, 2.24) is 9.97 Å². The fourth-order valence-electron chi connectivity index (χ4n) is 3.35. The summed E-state index contributed by atoms with van der Waals surface area (Å²) in [5, 5.41) is 12.7. The highest BCUT2D eigenvalue weighted by molar-refractivity contribution is 5.74. The quantitative estimate of drug-likeness (QED) is 0.477. The van der Waals surface area contributed by atoms with E-state index in [0.29, 0.717) is 18.0 Å². The fraction of sp³-hybridized carbons (Fsp3) is 0.320. The number of nitrogens with one attached hydrogen (secondary N) is 1. The number of carboxylic acids is 1. The average molecular weight is 420 g/mol. The molecule has 0 fully saturated rings. The maximum atomic E-state index is 11.4. The van der Waals surface area contributed by atoms with E-state index in [2.05, 4.69) is 22.2 Å². The predicted octanol–water partition coefficient (Wildman–Crippen LogP) is 5.85. The first-order chi connectivity index (χ1) is 14.7. The van der Waals surface area contributed by atoms with Gasteiger partial charge in [0.05, 0.1) is 11.1 Å². The molecule has 0 aliphatic carbocycles. The van der Waals surface area contributed by atoms with Gasteiger partial charge in [-0.3, -0.25) is 9.78 Å². The van der Waals surface area contributed by atoms with Crippen molar-refractivity contribution in [2.45, 2.75) is 47.5 Å². The SMILES string of the molecule is CCc1nc(C)c(Oc2ccnc(Nc3cccc(CC(C)(C)C(=O)O)c3)c2)cc1C. The van der Waals surface area contributed by atoms with E-state index in [0.717, 1.165) is 40.4 Å². The predicted molar refractivity (Wildman–Crippen MR) is 122 cm³/mol. The lowest BCUT2D eigenvalue weighted by atomic mass is 9.86. The van der Waals surface area contributed by atoms with Crippen LogP contribution in [0.2, 0.25) is 0 Å². The van der Waals surface area contributed by atoms with Crippen LogP contribution in [-0.4, -0.2) is 21.0 Å². The van der Waals surface area contributed by atoms with Gasteiger partial charge in [-0.1, -0.05) is 19.1 Å². The highest BCUT2D eigenvalue weighted by atomic mass is 16.5. The van der Waals surface area contributed by atoms with Crippen molar-refractivity contribution in [3.05, 3.63) is 71.2 Å². The van der Waals surface area contributed by atoms with Crippen molar-refractivity contribution in [2.75, 3.05) is 5.32 Å². The molecule has 0 bridgehead atoms. The van der Waals surface area contributed by atoms with Gasteiger partial charge in [0, 0.05) is 23.6 Å². The molecule has 0 radical (unpaired) electrons. The number of anilines is 2. The Morgan fingerprint density at radius 1 is 1.16 bits per heavy atom. The van der Waals surface area contributed by atoms with Gasteiger partial charge in [-0.05, 0) is 75.9 Å². The molecular weight excluding hydrogens is 390 g/mol. The summed E-state index contributed by atoms with van der Waals surface area (Å²) >= 11 is 0. The van der Waals surface area contributed by atoms with E-state index in [4.69, 9.17) is 4.74 Å². The molecule has 0 aliphatic rings. The molecule has 2 aromatic heterocycles. The minimum atomic E-state index is -0.831. The lowest BCUT2D eigenvalue weighted by Gasteiger charge is -2.19. The molecule has 6 heteroatoms. The van der Waals surface area contributed by atoms with Gasteiger partial charge in [0.25, 0.3) is 0 Å². The number of benzene rings is 1. The summed E-state index contributed by atoms with van der Waals surface area (Å²) in [6, 6.07) is 13.4. The summed E-state index contributed by atoms with van der Waals surface area (Å²) in [4.78, 5) is 20.4. The van der Waals surface area contributed by atoms with Crippen LogP contribution in [0.15, 0.2) is 48.7 Å². The van der Waals surface area contributed by atoms with E-state index < -0.39 is 11.4 Å². The number of nitrogens with zero attached hydrogens (tertiary/aromatic N) is 2. The molecule has 0 unspecified atom stereocenters. The van der Waals surface area contributed by atoms with Crippen LogP contribution in [-0.2, 0) is 17.6 Å². The van der Waals surface area contributed by atoms with Gasteiger partial charge in [-0.25, -0.2) is 4.98 Å². The van der Waals surface area contributed by atoms with Crippen LogP contribution in [0.4, 0.5) is 11.5 Å². The van der Waals surface area contributed by atoms with Crippen molar-refractivity contribution in [1.29, 1.82) is 0 Å². The third-order valence-corrected chi connectivity index (χ3v) is 5.18. The van der Waals surface area contributed by atoms with Crippen LogP contribution in [0.25, 0.3) is 0 Å². The second kappa shape index (κ2) is 9.16. The number of carbonyl (C=O) groups is 1. The Balaban J connectivity index is 1.77. The lowest BCUT2D eigenvalue weighted by molar-refractivity contribution is -0.146. The number of ether oxygens (including phenoxy) is 1. The summed E-state index contributed by atoms with van der Waals surface area (Å²) in [6.45, 7) is 9.52. The van der Waals surface area contributed by atoms with Gasteiger partial charge < -0.3 is 15.2 Å². The van der Waals surface area contributed by atoms with Crippen molar-refractivity contribution in [3.63, 3.8) is 0 Å². The van der Waals surface area contributed by atoms with Crippen molar-refractivity contribution in [3.8, 4) is 11.5 Å². The minimum absolute atomic E-state index is 0.438. The van der Waals surface area contributed by atoms with Gasteiger partial charge in [-0.2, -0.15) is 0 Å². The first-order valence-electron chi connectivity index (χ1n) is 10.4. The van der Waals surface area contributed by atoms with E-state index >= 15 is 0 Å². The Bertz CT molecular complexity index is 1090. The van der Waals surface area contributed by atoms with E-state index in [1.165, 1.54) is 0 Å². The molecule has 0 saturated heterocycles. The van der Waals surface area contributed by atoms with Gasteiger partial charge in [0.2, 0.25) is 0 Å². The number of carboxylic acid groups (broad SMARTS) is 1. The Morgan fingerprint density at radius 2 is 1.94 bits per heavy atom. The minimum Gasteiger partial charge on any atom is -0.481 e. The van der Waals surface area contributed by atoms with Gasteiger partial charge in [-0.15, -0.1) is 0 Å². The largest absolute Gasteiger partial charge is 0.481 e. The Morgan fingerprint density at radius 3 is 2.65 bits per heavy atom. The highest BCUT2D eigenvalue weighted by Gasteiger charge is 2.27. The molecule has 2 N–H and O–H groups in total. The van der Waals surface area contributed by atoms with Crippen molar-refractivity contribution >= 4 is 17.5 Å². The van der Waals surface area contributed by atoms with Crippen LogP contribution in [0.5, 0.6) is 11.5 Å². The first kappa shape index (κ1) is 22.3. The number of aryl methyl sites for hydroxylation is 3. The fourth-order valence-corrected chi connectivity index (χ4v) is 3.35. The number of aromatic nitrogens is 2. The van der Waals surface area contributed by atoms with E-state index in [1.807, 2.05) is 50.2 Å². The first-order valence-corrected chi connectivity index (χ1v) is 10.4. The molecule has 6 nitrogen and oxygen atoms in total. The maximum Gasteiger partial charge on any atom is 0.309 e. The van der Waals surface area contributed by atoms with Gasteiger partial charge in [0.1, 0.15) is 17.3 Å². The molecule has 1 aromatic carbocycles. The standard InChI is InChI=1S/C25H29N3O3/c1-6-21-16(2)12-22(17(3)27-21)31-20-10-11-26-23(14-20)28-19-9-7-8-18(13-19)15-25(4,5)24(29)30/h7-14H,6,15H2,1-5H3,(H,26,28)(H,29,30). The zero-order chi connectivity index (χ0) is 22.6. The maximum absolute atomic E-state index is 11.4. The highest BCUT2D eigenvalue weighted by Crippen LogP contribution is 2.29. The molecule has 0 saturated carbocycles. The molecule has 0 atom stereocenters. The van der Waals surface area contributed by atoms with Gasteiger partial charge >= 0.3 is 5.97 Å². The summed E-state index contributed by atoms with van der Waals surface area (Å²) in [6.07, 6.45) is 3.01. The van der Waals surface area contributed by atoms with Crippen molar-refractivity contribution in [2.24, 2.45) is 5.41 Å². The van der Waals surface area contributed by atoms with E-state index in [1.54, 1.807) is 26.1 Å². The monoisotopic (exact) mass is 419 g/mol. The number of hydrogen-bond donors (Lipinski definition) is 2. The Hall–Kier alpha value is -3.41. The molecule has 0 amide bonds. The van der Waals surface area contributed by atoms with Crippen molar-refractivity contribution < 1.29 is 14.6 Å². The second-order valence-corrected chi connectivity index (χ2v) is 8.36. The molecule has 0 spiro atoms. The molecule has 31 heavy (non-hydrogen) atoms. The molecular formula is C25H29N3O3. The number of aliphatic carboxylic acids is 1. The normalized spacial score (nSPS) is 11.3. The van der Waals surface area contributed by atoms with Crippen LogP contribution in [0.1, 0.15) is 43.3 Å². The van der Waals surface area contributed by atoms with Crippen LogP contribution >= 0.6 is 0 Å². The Labute approximate surface area is 183 Å². The van der Waals surface area contributed by atoms with E-state index in [-0.39, 0.29) is 0 Å². The molecule has 0 aliphatic heterocycles. The van der Waals surface area contributed by atoms with Crippen LogP contribution in [0, 0.1) is 19.3 Å². The Kier molecular flexibility index (Phi) is 6.59. The summed E-state index contributed by atoms with van der Waals surface area (Å²) in [5.74, 6) is 1.21. The third-order valence-electron chi connectivity index (χ3n) is 5.18. The number of pyridine rings is 2. The molecule has 162 valence electrons. The topological polar surface area (TPSA) is 84.3 Å².